The first-order chi connectivity index (χ1) is 9.11. The molecule has 5 heteroatoms. The number of amides is 1. The summed E-state index contributed by atoms with van der Waals surface area (Å²) in [6.45, 7) is 0.776. The molecule has 19 heavy (non-hydrogen) atoms. The lowest BCUT2D eigenvalue weighted by Gasteiger charge is -2.10. The Morgan fingerprint density at radius 3 is 2.74 bits per heavy atom. The van der Waals surface area contributed by atoms with Crippen molar-refractivity contribution in [3.05, 3.63) is 34.3 Å². The van der Waals surface area contributed by atoms with Gasteiger partial charge in [0.05, 0.1) is 12.7 Å². The maximum absolute atomic E-state index is 11.6. The van der Waals surface area contributed by atoms with Gasteiger partial charge in [-0.3, -0.25) is 4.79 Å². The minimum absolute atomic E-state index is 0.00698. The molecule has 0 saturated heterocycles. The number of halogens is 1. The number of rotatable bonds is 8. The predicted molar refractivity (Wildman–Crippen MR) is 78.0 cm³/mol. The topological polar surface area (TPSA) is 58.6 Å². The zero-order valence-corrected chi connectivity index (χ0v) is 12.6. The average molecular weight is 330 g/mol. The van der Waals surface area contributed by atoms with Crippen molar-refractivity contribution < 1.29 is 14.6 Å². The molecule has 1 atom stereocenters. The molecule has 1 amide bonds. The van der Waals surface area contributed by atoms with Crippen molar-refractivity contribution in [2.75, 3.05) is 20.3 Å². The molecule has 4 nitrogen and oxygen atoms in total. The van der Waals surface area contributed by atoms with Crippen LogP contribution in [0.5, 0.6) is 0 Å². The Bertz CT molecular complexity index is 381. The van der Waals surface area contributed by atoms with E-state index in [1.54, 1.807) is 7.11 Å². The van der Waals surface area contributed by atoms with E-state index in [1.807, 2.05) is 24.3 Å². The second-order valence-corrected chi connectivity index (χ2v) is 5.29. The van der Waals surface area contributed by atoms with Crippen LogP contribution in [-0.4, -0.2) is 37.4 Å². The van der Waals surface area contributed by atoms with E-state index in [0.29, 0.717) is 26.0 Å². The quantitative estimate of drug-likeness (QED) is 0.765. The summed E-state index contributed by atoms with van der Waals surface area (Å²) in [7, 11) is 1.54. The molecular formula is C14H20BrNO3. The third kappa shape index (κ3) is 7.30. The lowest BCUT2D eigenvalue weighted by atomic mass is 10.1. The molecule has 0 spiro atoms. The minimum atomic E-state index is -0.517. The summed E-state index contributed by atoms with van der Waals surface area (Å²) < 4.78 is 5.84. The maximum atomic E-state index is 11.6. The van der Waals surface area contributed by atoms with Crippen molar-refractivity contribution in [3.63, 3.8) is 0 Å². The number of aryl methyl sites for hydroxylation is 1. The van der Waals surface area contributed by atoms with Crippen LogP contribution < -0.4 is 5.32 Å². The van der Waals surface area contributed by atoms with Gasteiger partial charge in [0.25, 0.3) is 0 Å². The lowest BCUT2D eigenvalue weighted by Crippen LogP contribution is -2.28. The van der Waals surface area contributed by atoms with Crippen LogP contribution in [0.2, 0.25) is 0 Å². The van der Waals surface area contributed by atoms with E-state index in [0.717, 1.165) is 16.5 Å². The van der Waals surface area contributed by atoms with Gasteiger partial charge in [-0.15, -0.1) is 0 Å². The number of carbonyl (C=O) groups is 1. The Balaban J connectivity index is 2.16. The maximum Gasteiger partial charge on any atom is 0.220 e. The Morgan fingerprint density at radius 1 is 1.42 bits per heavy atom. The number of ether oxygens (including phenoxy) is 1. The molecule has 0 radical (unpaired) electrons. The van der Waals surface area contributed by atoms with Gasteiger partial charge < -0.3 is 15.2 Å². The zero-order chi connectivity index (χ0) is 14.1. The third-order valence-corrected chi connectivity index (χ3v) is 3.24. The van der Waals surface area contributed by atoms with E-state index in [4.69, 9.17) is 4.74 Å². The van der Waals surface area contributed by atoms with Gasteiger partial charge in [0.15, 0.2) is 0 Å². The number of benzene rings is 1. The van der Waals surface area contributed by atoms with Gasteiger partial charge >= 0.3 is 0 Å². The number of methoxy groups -OCH3 is 1. The Labute approximate surface area is 122 Å². The van der Waals surface area contributed by atoms with Gasteiger partial charge in [-0.25, -0.2) is 0 Å². The lowest BCUT2D eigenvalue weighted by molar-refractivity contribution is -0.121. The standard InChI is InChI=1S/C14H20BrNO3/c1-19-10-13(17)8-9-16-14(18)7-4-11-2-5-12(15)6-3-11/h2-3,5-6,13,17H,4,7-10H2,1H3,(H,16,18). The molecule has 0 aliphatic carbocycles. The summed E-state index contributed by atoms with van der Waals surface area (Å²) in [6, 6.07) is 7.93. The molecule has 0 saturated carbocycles. The molecule has 0 heterocycles. The van der Waals surface area contributed by atoms with Crippen molar-refractivity contribution in [2.24, 2.45) is 0 Å². The SMILES string of the molecule is COCC(O)CCNC(=O)CCc1ccc(Br)cc1. The molecule has 1 rings (SSSR count). The molecule has 1 unspecified atom stereocenters. The second kappa shape index (κ2) is 9.07. The highest BCUT2D eigenvalue weighted by molar-refractivity contribution is 9.10. The first-order valence-corrected chi connectivity index (χ1v) is 7.09. The van der Waals surface area contributed by atoms with Gasteiger partial charge in [0, 0.05) is 24.5 Å². The van der Waals surface area contributed by atoms with Crippen LogP contribution in [0.1, 0.15) is 18.4 Å². The van der Waals surface area contributed by atoms with Crippen LogP contribution in [0.25, 0.3) is 0 Å². The largest absolute Gasteiger partial charge is 0.391 e. The molecule has 0 aromatic heterocycles. The highest BCUT2D eigenvalue weighted by Crippen LogP contribution is 2.11. The molecule has 1 aromatic rings. The first-order valence-electron chi connectivity index (χ1n) is 6.30. The van der Waals surface area contributed by atoms with E-state index in [9.17, 15) is 9.90 Å². The summed E-state index contributed by atoms with van der Waals surface area (Å²) in [5.41, 5.74) is 1.14. The molecule has 1 aromatic carbocycles. The van der Waals surface area contributed by atoms with E-state index in [2.05, 4.69) is 21.2 Å². The summed E-state index contributed by atoms with van der Waals surface area (Å²) in [5.74, 6) is 0.00698. The van der Waals surface area contributed by atoms with Gasteiger partial charge in [0.2, 0.25) is 5.91 Å². The zero-order valence-electron chi connectivity index (χ0n) is 11.1. The average Bonchev–Trinajstić information content (AvgIpc) is 2.38. The monoisotopic (exact) mass is 329 g/mol. The van der Waals surface area contributed by atoms with Crippen LogP contribution in [0.15, 0.2) is 28.7 Å². The smallest absolute Gasteiger partial charge is 0.220 e. The van der Waals surface area contributed by atoms with Crippen molar-refractivity contribution in [3.8, 4) is 0 Å². The fourth-order valence-corrected chi connectivity index (χ4v) is 1.92. The highest BCUT2D eigenvalue weighted by Gasteiger charge is 2.05. The summed E-state index contributed by atoms with van der Waals surface area (Å²) in [5, 5.41) is 12.2. The molecule has 0 fully saturated rings. The normalized spacial score (nSPS) is 12.2. The van der Waals surface area contributed by atoms with Crippen LogP contribution in [0, 0.1) is 0 Å². The second-order valence-electron chi connectivity index (χ2n) is 4.37. The Morgan fingerprint density at radius 2 is 2.11 bits per heavy atom. The molecule has 106 valence electrons. The third-order valence-electron chi connectivity index (χ3n) is 2.71. The summed E-state index contributed by atoms with van der Waals surface area (Å²) in [6.07, 6.45) is 1.18. The van der Waals surface area contributed by atoms with Crippen molar-refractivity contribution in [1.82, 2.24) is 5.32 Å². The van der Waals surface area contributed by atoms with Crippen LogP contribution in [0.3, 0.4) is 0 Å². The van der Waals surface area contributed by atoms with Gasteiger partial charge in [0.1, 0.15) is 0 Å². The van der Waals surface area contributed by atoms with Crippen molar-refractivity contribution >= 4 is 21.8 Å². The molecule has 0 aliphatic heterocycles. The highest BCUT2D eigenvalue weighted by atomic mass is 79.9. The molecule has 2 N–H and O–H groups in total. The molecular weight excluding hydrogens is 310 g/mol. The van der Waals surface area contributed by atoms with E-state index in [-0.39, 0.29) is 5.91 Å². The van der Waals surface area contributed by atoms with Gasteiger partial charge in [-0.2, -0.15) is 0 Å². The van der Waals surface area contributed by atoms with E-state index in [1.165, 1.54) is 0 Å². The molecule has 0 bridgehead atoms. The number of nitrogens with one attached hydrogen (secondary N) is 1. The predicted octanol–water partition coefficient (Wildman–Crippen LogP) is 1.90. The summed E-state index contributed by atoms with van der Waals surface area (Å²) >= 11 is 3.37. The van der Waals surface area contributed by atoms with Crippen molar-refractivity contribution in [2.45, 2.75) is 25.4 Å². The van der Waals surface area contributed by atoms with Gasteiger partial charge in [-0.1, -0.05) is 28.1 Å². The number of aliphatic hydroxyl groups excluding tert-OH is 1. The van der Waals surface area contributed by atoms with Crippen LogP contribution in [-0.2, 0) is 16.0 Å². The van der Waals surface area contributed by atoms with Crippen molar-refractivity contribution in [1.29, 1.82) is 0 Å². The fourth-order valence-electron chi connectivity index (χ4n) is 1.65. The van der Waals surface area contributed by atoms with E-state index < -0.39 is 6.10 Å². The molecule has 0 aliphatic rings. The Hall–Kier alpha value is -0.910. The first kappa shape index (κ1) is 16.1. The van der Waals surface area contributed by atoms with E-state index >= 15 is 0 Å². The number of carbonyl (C=O) groups excluding carboxylic acids is 1. The number of hydrogen-bond acceptors (Lipinski definition) is 3. The number of aliphatic hydroxyl groups is 1. The minimum Gasteiger partial charge on any atom is -0.391 e. The van der Waals surface area contributed by atoms with Gasteiger partial charge in [-0.05, 0) is 30.5 Å². The fraction of sp³-hybridized carbons (Fsp3) is 0.500. The van der Waals surface area contributed by atoms with Crippen LogP contribution in [0.4, 0.5) is 0 Å². The van der Waals surface area contributed by atoms with Crippen LogP contribution >= 0.6 is 15.9 Å². The Kier molecular flexibility index (Phi) is 7.70. The summed E-state index contributed by atoms with van der Waals surface area (Å²) in [4.78, 5) is 11.6. The number of hydrogen-bond donors (Lipinski definition) is 2.